The molecule has 6 nitrogen and oxygen atoms in total. The molecule has 2 N–H and O–H groups in total. The Hall–Kier alpha value is -2.34. The minimum absolute atomic E-state index is 0.0700. The van der Waals surface area contributed by atoms with Crippen LogP contribution in [0.15, 0.2) is 41.2 Å². The van der Waals surface area contributed by atoms with E-state index in [-0.39, 0.29) is 23.3 Å². The van der Waals surface area contributed by atoms with Gasteiger partial charge in [-0.3, -0.25) is 14.7 Å². The monoisotopic (exact) mass is 301 g/mol. The van der Waals surface area contributed by atoms with E-state index in [2.05, 4.69) is 10.4 Å². The number of H-pyrrole nitrogens is 1. The number of ether oxygens (including phenoxy) is 1. The van der Waals surface area contributed by atoms with Crippen LogP contribution in [-0.4, -0.2) is 34.9 Å². The Kier molecular flexibility index (Phi) is 4.39. The Labute approximate surface area is 128 Å². The lowest BCUT2D eigenvalue weighted by molar-refractivity contribution is 0.0168. The van der Waals surface area contributed by atoms with Crippen molar-refractivity contribution < 1.29 is 9.53 Å². The van der Waals surface area contributed by atoms with Gasteiger partial charge in [-0.15, -0.1) is 0 Å². The lowest BCUT2D eigenvalue weighted by Gasteiger charge is -2.22. The van der Waals surface area contributed by atoms with Crippen molar-refractivity contribution in [3.05, 3.63) is 52.4 Å². The zero-order valence-electron chi connectivity index (χ0n) is 12.2. The van der Waals surface area contributed by atoms with Crippen LogP contribution in [0.1, 0.15) is 29.8 Å². The zero-order valence-corrected chi connectivity index (χ0v) is 12.2. The maximum Gasteiger partial charge on any atom is 0.271 e. The molecule has 116 valence electrons. The van der Waals surface area contributed by atoms with Crippen molar-refractivity contribution >= 4 is 5.91 Å². The third kappa shape index (κ3) is 3.28. The first-order valence-corrected chi connectivity index (χ1v) is 7.51. The lowest BCUT2D eigenvalue weighted by Crippen LogP contribution is -2.35. The number of hydrogen-bond donors (Lipinski definition) is 2. The summed E-state index contributed by atoms with van der Waals surface area (Å²) in [5.41, 5.74) is 0.692. The van der Waals surface area contributed by atoms with E-state index in [1.807, 2.05) is 18.2 Å². The van der Waals surface area contributed by atoms with Gasteiger partial charge >= 0.3 is 0 Å². The Morgan fingerprint density at radius 1 is 1.32 bits per heavy atom. The number of nitrogens with one attached hydrogen (secondary N) is 2. The van der Waals surface area contributed by atoms with Crippen LogP contribution in [0, 0.1) is 0 Å². The summed E-state index contributed by atoms with van der Waals surface area (Å²) in [4.78, 5) is 24.1. The molecule has 1 saturated heterocycles. The van der Waals surface area contributed by atoms with Gasteiger partial charge in [0.2, 0.25) is 0 Å². The second-order valence-electron chi connectivity index (χ2n) is 5.38. The average Bonchev–Trinajstić information content (AvgIpc) is 2.96. The molecule has 0 unspecified atom stereocenters. The zero-order chi connectivity index (χ0) is 15.4. The number of para-hydroxylation sites is 1. The summed E-state index contributed by atoms with van der Waals surface area (Å²) in [7, 11) is 0. The summed E-state index contributed by atoms with van der Waals surface area (Å²) in [6, 6.07) is 10.5. The number of rotatable bonds is 4. The first kappa shape index (κ1) is 14.6. The van der Waals surface area contributed by atoms with Crippen molar-refractivity contribution in [1.29, 1.82) is 0 Å². The van der Waals surface area contributed by atoms with E-state index in [0.29, 0.717) is 12.2 Å². The SMILES string of the molecule is O=C(NC[C@H]1CCCCO1)c1cc(=O)n(-c2ccccc2)[nH]1. The number of carbonyl (C=O) groups is 1. The second kappa shape index (κ2) is 6.62. The third-order valence-electron chi connectivity index (χ3n) is 3.74. The molecule has 0 saturated carbocycles. The summed E-state index contributed by atoms with van der Waals surface area (Å²) in [6.45, 7) is 1.22. The number of amides is 1. The summed E-state index contributed by atoms with van der Waals surface area (Å²) in [5.74, 6) is -0.291. The molecule has 22 heavy (non-hydrogen) atoms. The predicted molar refractivity (Wildman–Crippen MR) is 82.3 cm³/mol. The summed E-state index contributed by atoms with van der Waals surface area (Å²) < 4.78 is 6.92. The molecule has 6 heteroatoms. The fourth-order valence-corrected chi connectivity index (χ4v) is 2.55. The van der Waals surface area contributed by atoms with Crippen LogP contribution in [-0.2, 0) is 4.74 Å². The van der Waals surface area contributed by atoms with Gasteiger partial charge in [-0.2, -0.15) is 0 Å². The van der Waals surface area contributed by atoms with Crippen molar-refractivity contribution in [3.8, 4) is 5.69 Å². The van der Waals surface area contributed by atoms with Crippen LogP contribution >= 0.6 is 0 Å². The van der Waals surface area contributed by atoms with Crippen molar-refractivity contribution in [2.75, 3.05) is 13.2 Å². The van der Waals surface area contributed by atoms with E-state index in [0.717, 1.165) is 25.9 Å². The first-order chi connectivity index (χ1) is 10.7. The smallest absolute Gasteiger partial charge is 0.271 e. The summed E-state index contributed by atoms with van der Waals surface area (Å²) in [6.07, 6.45) is 3.24. The molecule has 1 aliphatic heterocycles. The first-order valence-electron chi connectivity index (χ1n) is 7.51. The maximum absolute atomic E-state index is 12.1. The third-order valence-corrected chi connectivity index (χ3v) is 3.74. The van der Waals surface area contributed by atoms with Gasteiger partial charge in [-0.05, 0) is 31.4 Å². The van der Waals surface area contributed by atoms with Crippen molar-refractivity contribution in [1.82, 2.24) is 15.1 Å². The van der Waals surface area contributed by atoms with E-state index in [4.69, 9.17) is 4.74 Å². The lowest BCUT2D eigenvalue weighted by atomic mass is 10.1. The standard InChI is InChI=1S/C16H19N3O3/c20-15-10-14(18-19(15)12-6-2-1-3-7-12)16(21)17-11-13-8-4-5-9-22-13/h1-3,6-7,10,13,18H,4-5,8-9,11H2,(H,17,21)/t13-/m1/s1. The van der Waals surface area contributed by atoms with Gasteiger partial charge in [0.1, 0.15) is 5.69 Å². The highest BCUT2D eigenvalue weighted by Crippen LogP contribution is 2.11. The molecule has 1 aromatic heterocycles. The molecule has 0 radical (unpaired) electrons. The Morgan fingerprint density at radius 3 is 2.86 bits per heavy atom. The molecule has 2 heterocycles. The van der Waals surface area contributed by atoms with Crippen molar-refractivity contribution in [2.24, 2.45) is 0 Å². The van der Waals surface area contributed by atoms with E-state index in [1.54, 1.807) is 12.1 Å². The molecular weight excluding hydrogens is 282 g/mol. The molecule has 0 bridgehead atoms. The van der Waals surface area contributed by atoms with Gasteiger partial charge < -0.3 is 10.1 Å². The molecule has 3 rings (SSSR count). The number of hydrogen-bond acceptors (Lipinski definition) is 3. The van der Waals surface area contributed by atoms with Crippen LogP contribution in [0.3, 0.4) is 0 Å². The average molecular weight is 301 g/mol. The number of carbonyl (C=O) groups excluding carboxylic acids is 1. The van der Waals surface area contributed by atoms with Crippen molar-refractivity contribution in [3.63, 3.8) is 0 Å². The molecule has 0 aliphatic carbocycles. The Morgan fingerprint density at radius 2 is 2.14 bits per heavy atom. The molecule has 1 aromatic carbocycles. The number of benzene rings is 1. The molecular formula is C16H19N3O3. The highest BCUT2D eigenvalue weighted by molar-refractivity contribution is 5.92. The normalized spacial score (nSPS) is 18.1. The highest BCUT2D eigenvalue weighted by atomic mass is 16.5. The van der Waals surface area contributed by atoms with Gasteiger partial charge in [0, 0.05) is 19.2 Å². The minimum atomic E-state index is -0.291. The van der Waals surface area contributed by atoms with E-state index >= 15 is 0 Å². The molecule has 2 aromatic rings. The van der Waals surface area contributed by atoms with Gasteiger partial charge in [0.05, 0.1) is 11.8 Å². The Bertz CT molecular complexity index is 684. The van der Waals surface area contributed by atoms with E-state index < -0.39 is 0 Å². The van der Waals surface area contributed by atoms with E-state index in [1.165, 1.54) is 10.7 Å². The van der Waals surface area contributed by atoms with Crippen LogP contribution < -0.4 is 10.9 Å². The molecule has 0 spiro atoms. The summed E-state index contributed by atoms with van der Waals surface area (Å²) >= 11 is 0. The topological polar surface area (TPSA) is 76.1 Å². The molecule has 1 atom stereocenters. The minimum Gasteiger partial charge on any atom is -0.376 e. The number of nitrogens with zero attached hydrogens (tertiary/aromatic N) is 1. The molecule has 1 aliphatic rings. The molecule has 1 amide bonds. The maximum atomic E-state index is 12.1. The van der Waals surface area contributed by atoms with Gasteiger partial charge in [0.15, 0.2) is 0 Å². The quantitative estimate of drug-likeness (QED) is 0.897. The number of aromatic amines is 1. The van der Waals surface area contributed by atoms with Gasteiger partial charge in [0.25, 0.3) is 11.5 Å². The molecule has 1 fully saturated rings. The fraction of sp³-hybridized carbons (Fsp3) is 0.375. The highest BCUT2D eigenvalue weighted by Gasteiger charge is 2.17. The van der Waals surface area contributed by atoms with Crippen molar-refractivity contribution in [2.45, 2.75) is 25.4 Å². The van der Waals surface area contributed by atoms with Gasteiger partial charge in [-0.1, -0.05) is 18.2 Å². The number of aromatic nitrogens is 2. The van der Waals surface area contributed by atoms with E-state index in [9.17, 15) is 9.59 Å². The van der Waals surface area contributed by atoms with Gasteiger partial charge in [-0.25, -0.2) is 4.68 Å². The summed E-state index contributed by atoms with van der Waals surface area (Å²) in [5, 5.41) is 5.65. The second-order valence-corrected chi connectivity index (χ2v) is 5.38. The van der Waals surface area contributed by atoms with Crippen LogP contribution in [0.25, 0.3) is 5.69 Å². The largest absolute Gasteiger partial charge is 0.376 e. The Balaban J connectivity index is 1.67. The van der Waals surface area contributed by atoms with Crippen LogP contribution in [0.2, 0.25) is 0 Å². The van der Waals surface area contributed by atoms with Crippen LogP contribution in [0.4, 0.5) is 0 Å². The van der Waals surface area contributed by atoms with Crippen LogP contribution in [0.5, 0.6) is 0 Å². The fourth-order valence-electron chi connectivity index (χ4n) is 2.55. The predicted octanol–water partition coefficient (Wildman–Crippen LogP) is 1.46.